The maximum atomic E-state index is 13.1. The van der Waals surface area contributed by atoms with Crippen LogP contribution in [0, 0.1) is 5.92 Å². The molecule has 0 bridgehead atoms. The third-order valence-electron chi connectivity index (χ3n) is 7.85. The number of halogens is 1. The third kappa shape index (κ3) is 4.59. The van der Waals surface area contributed by atoms with Gasteiger partial charge in [-0.2, -0.15) is 9.97 Å². The lowest BCUT2D eigenvalue weighted by atomic mass is 9.91. The molecule has 18 nitrogen and oxygen atoms in total. The molecule has 4 aromatic heterocycles. The van der Waals surface area contributed by atoms with Gasteiger partial charge in [0.2, 0.25) is 5.95 Å². The summed E-state index contributed by atoms with van der Waals surface area (Å²) >= 11 is 6.15. The van der Waals surface area contributed by atoms with Crippen LogP contribution in [-0.4, -0.2) is 91.3 Å². The summed E-state index contributed by atoms with van der Waals surface area (Å²) in [6.07, 6.45) is -2.01. The second-order valence-corrected chi connectivity index (χ2v) is 12.1. The number of hydrogen-bond acceptors (Lipinski definition) is 15. The van der Waals surface area contributed by atoms with Crippen LogP contribution in [0.2, 0.25) is 5.15 Å². The smallest absolute Gasteiger partial charge is 0.388 e. The highest BCUT2D eigenvalue weighted by Crippen LogP contribution is 2.51. The second kappa shape index (κ2) is 10.3. The Labute approximate surface area is 241 Å². The van der Waals surface area contributed by atoms with Crippen LogP contribution >= 0.6 is 19.4 Å². The number of phosphoric acid groups is 1. The highest BCUT2D eigenvalue weighted by molar-refractivity contribution is 7.47. The van der Waals surface area contributed by atoms with Crippen molar-refractivity contribution < 1.29 is 38.2 Å². The fourth-order valence-electron chi connectivity index (χ4n) is 5.90. The number of nitrogens with zero attached hydrogens (tertiary/aromatic N) is 8. The number of fused-ring (bicyclic) bond motifs is 4. The number of rotatable bonds is 2. The number of aliphatic hydroxyl groups is 2. The number of nitrogens with two attached hydrogens (primary N) is 2. The van der Waals surface area contributed by atoms with Crippen molar-refractivity contribution in [1.82, 2.24) is 39.0 Å². The molecule has 0 saturated carbocycles. The van der Waals surface area contributed by atoms with Gasteiger partial charge in [-0.1, -0.05) is 18.0 Å². The molecular weight excluding hydrogens is 599 g/mol. The molecule has 7 rings (SSSR count). The van der Waals surface area contributed by atoms with Gasteiger partial charge >= 0.3 is 7.82 Å². The quantitative estimate of drug-likeness (QED) is 0.148. The van der Waals surface area contributed by atoms with Gasteiger partial charge in [0.15, 0.2) is 34.7 Å². The van der Waals surface area contributed by atoms with E-state index in [9.17, 15) is 19.7 Å². The molecule has 0 radical (unpaired) electrons. The lowest BCUT2D eigenvalue weighted by Gasteiger charge is -2.23. The first-order chi connectivity index (χ1) is 20.1. The number of aromatic nitrogens is 8. The zero-order valence-electron chi connectivity index (χ0n) is 21.6. The van der Waals surface area contributed by atoms with Crippen molar-refractivity contribution >= 4 is 53.5 Å². The van der Waals surface area contributed by atoms with Gasteiger partial charge in [0, 0.05) is 5.92 Å². The summed E-state index contributed by atoms with van der Waals surface area (Å²) in [5.74, 6) is -0.443. The molecule has 3 aliphatic rings. The van der Waals surface area contributed by atoms with Crippen LogP contribution in [0.1, 0.15) is 31.7 Å². The topological polar surface area (TPSA) is 254 Å². The van der Waals surface area contributed by atoms with Crippen molar-refractivity contribution in [3.05, 3.63) is 24.1 Å². The summed E-state index contributed by atoms with van der Waals surface area (Å²) in [4.78, 5) is 35.2. The molecular formula is C22H26ClN10O8P. The number of imidazole rings is 2. The monoisotopic (exact) mass is 624 g/mol. The highest BCUT2D eigenvalue weighted by Gasteiger charge is 2.51. The lowest BCUT2D eigenvalue weighted by molar-refractivity contribution is -0.0529. The van der Waals surface area contributed by atoms with Crippen LogP contribution in [-0.2, 0) is 23.1 Å². The van der Waals surface area contributed by atoms with Crippen molar-refractivity contribution in [2.45, 2.75) is 62.2 Å². The maximum Gasteiger partial charge on any atom is 0.472 e. The van der Waals surface area contributed by atoms with E-state index in [1.165, 1.54) is 28.1 Å². The fourth-order valence-corrected chi connectivity index (χ4v) is 7.08. The molecule has 0 spiro atoms. The molecule has 9 unspecified atom stereocenters. The molecule has 42 heavy (non-hydrogen) atoms. The molecule has 3 fully saturated rings. The predicted octanol–water partition coefficient (Wildman–Crippen LogP) is 0.303. The van der Waals surface area contributed by atoms with Crippen molar-refractivity contribution in [3.8, 4) is 0 Å². The van der Waals surface area contributed by atoms with Gasteiger partial charge in [0.1, 0.15) is 35.7 Å². The van der Waals surface area contributed by atoms with Gasteiger partial charge in [-0.25, -0.2) is 24.5 Å². The molecule has 0 aromatic carbocycles. The highest BCUT2D eigenvalue weighted by atomic mass is 35.5. The van der Waals surface area contributed by atoms with E-state index < -0.39 is 56.7 Å². The summed E-state index contributed by atoms with van der Waals surface area (Å²) in [5, 5.41) is 22.6. The standard InChI is InChI=1S/C22H26ClN10O8P/c23-16-11-19(31-22(25)30-16)33(6-28-11)20-13(34)8-2-1-3-9-15(41-42(36,37)38-4-10(8)40-20)14(35)21(39-9)32-7-29-12-17(24)26-5-27-18(12)32/h5-10,13-15,20-21,34-35H,1-4H2,(H,36,37)(H2,24,26,27)(H2,25,30,31). The van der Waals surface area contributed by atoms with Crippen molar-refractivity contribution in [3.63, 3.8) is 0 Å². The van der Waals surface area contributed by atoms with Gasteiger partial charge < -0.3 is 36.0 Å². The summed E-state index contributed by atoms with van der Waals surface area (Å²) in [7, 11) is -4.74. The minimum Gasteiger partial charge on any atom is -0.388 e. The van der Waals surface area contributed by atoms with E-state index in [4.69, 9.17) is 41.6 Å². The summed E-state index contributed by atoms with van der Waals surface area (Å²) in [6, 6.07) is 0. The zero-order valence-corrected chi connectivity index (χ0v) is 23.3. The largest absolute Gasteiger partial charge is 0.472 e. The number of nitrogen functional groups attached to an aromatic ring is 2. The molecule has 7 N–H and O–H groups in total. The Morgan fingerprint density at radius 1 is 0.929 bits per heavy atom. The molecule has 224 valence electrons. The average Bonchev–Trinajstić information content (AvgIpc) is 3.69. The molecule has 9 atom stereocenters. The first-order valence-corrected chi connectivity index (χ1v) is 14.9. The van der Waals surface area contributed by atoms with E-state index in [0.29, 0.717) is 30.4 Å². The number of anilines is 2. The molecule has 0 aliphatic carbocycles. The van der Waals surface area contributed by atoms with E-state index >= 15 is 0 Å². The van der Waals surface area contributed by atoms with Crippen LogP contribution < -0.4 is 11.5 Å². The number of aliphatic hydroxyl groups excluding tert-OH is 2. The minimum atomic E-state index is -4.74. The van der Waals surface area contributed by atoms with Gasteiger partial charge in [0.05, 0.1) is 31.5 Å². The summed E-state index contributed by atoms with van der Waals surface area (Å²) < 4.78 is 39.1. The van der Waals surface area contributed by atoms with E-state index in [1.807, 2.05) is 0 Å². The molecule has 3 saturated heterocycles. The Morgan fingerprint density at radius 3 is 2.45 bits per heavy atom. The van der Waals surface area contributed by atoms with E-state index in [2.05, 4.69) is 29.9 Å². The van der Waals surface area contributed by atoms with Crippen LogP contribution in [0.3, 0.4) is 0 Å². The Hall–Kier alpha value is -3.06. The first kappa shape index (κ1) is 27.8. The molecule has 7 heterocycles. The Kier molecular flexibility index (Phi) is 6.80. The fraction of sp³-hybridized carbons (Fsp3) is 0.545. The van der Waals surface area contributed by atoms with Gasteiger partial charge in [-0.15, -0.1) is 0 Å². The van der Waals surface area contributed by atoms with E-state index in [1.54, 1.807) is 0 Å². The number of ether oxygens (including phenoxy) is 2. The van der Waals surface area contributed by atoms with E-state index in [0.717, 1.165) is 0 Å². The molecule has 0 amide bonds. The predicted molar refractivity (Wildman–Crippen MR) is 142 cm³/mol. The average molecular weight is 625 g/mol. The maximum absolute atomic E-state index is 13.1. The van der Waals surface area contributed by atoms with Gasteiger partial charge in [0.25, 0.3) is 0 Å². The van der Waals surface area contributed by atoms with Crippen molar-refractivity contribution in [2.24, 2.45) is 5.92 Å². The first-order valence-electron chi connectivity index (χ1n) is 13.0. The minimum absolute atomic E-state index is 0.0481. The molecule has 20 heteroatoms. The Bertz CT molecular complexity index is 1710. The third-order valence-corrected chi connectivity index (χ3v) is 9.10. The van der Waals surface area contributed by atoms with Gasteiger partial charge in [-0.05, 0) is 12.8 Å². The van der Waals surface area contributed by atoms with E-state index in [-0.39, 0.29) is 34.7 Å². The SMILES string of the molecule is Nc1nc(Cl)c2ncn(C3OC4COP(=O)(O)OC5C(CCCC4C3O)OC(n3cnc4c(N)ncnc43)C5O)c2n1. The van der Waals surface area contributed by atoms with Crippen LogP contribution in [0.4, 0.5) is 11.8 Å². The number of hydrogen-bond donors (Lipinski definition) is 5. The summed E-state index contributed by atoms with van der Waals surface area (Å²) in [6.45, 7) is -0.378. The normalized spacial score (nSPS) is 35.7. The van der Waals surface area contributed by atoms with Crippen LogP contribution in [0.5, 0.6) is 0 Å². The van der Waals surface area contributed by atoms with Crippen LogP contribution in [0.25, 0.3) is 22.3 Å². The Balaban J connectivity index is 1.14. The molecule has 4 aromatic rings. The molecule has 3 aliphatic heterocycles. The zero-order chi connectivity index (χ0) is 29.3. The Morgan fingerprint density at radius 2 is 1.64 bits per heavy atom. The van der Waals surface area contributed by atoms with Crippen molar-refractivity contribution in [2.75, 3.05) is 18.1 Å². The summed E-state index contributed by atoms with van der Waals surface area (Å²) in [5.41, 5.74) is 12.8. The van der Waals surface area contributed by atoms with Crippen molar-refractivity contribution in [1.29, 1.82) is 0 Å². The van der Waals surface area contributed by atoms with Gasteiger partial charge in [-0.3, -0.25) is 18.2 Å². The van der Waals surface area contributed by atoms with Crippen LogP contribution in [0.15, 0.2) is 19.0 Å². The second-order valence-electron chi connectivity index (χ2n) is 10.3. The number of phosphoric ester groups is 1. The lowest BCUT2D eigenvalue weighted by Crippen LogP contribution is -2.34.